The van der Waals surface area contributed by atoms with Gasteiger partial charge in [0, 0.05) is 17.9 Å². The monoisotopic (exact) mass is 222 g/mol. The summed E-state index contributed by atoms with van der Waals surface area (Å²) in [5.41, 5.74) is 0. The van der Waals surface area contributed by atoms with Gasteiger partial charge in [-0.25, -0.2) is 0 Å². The van der Waals surface area contributed by atoms with Gasteiger partial charge in [0.05, 0.1) is 6.61 Å². The molecule has 1 saturated heterocycles. The van der Waals surface area contributed by atoms with Crippen molar-refractivity contribution in [3.05, 3.63) is 0 Å². The SMILES string of the molecule is CCOC(=O)CC1CCS(O)(O)CC1. The van der Waals surface area contributed by atoms with Crippen LogP contribution in [0.1, 0.15) is 26.2 Å². The zero-order valence-electron chi connectivity index (χ0n) is 8.44. The summed E-state index contributed by atoms with van der Waals surface area (Å²) in [7, 11) is -2.32. The van der Waals surface area contributed by atoms with E-state index in [1.165, 1.54) is 0 Å². The van der Waals surface area contributed by atoms with Crippen molar-refractivity contribution in [2.45, 2.75) is 26.2 Å². The smallest absolute Gasteiger partial charge is 0.306 e. The van der Waals surface area contributed by atoms with Gasteiger partial charge in [0.15, 0.2) is 0 Å². The number of rotatable bonds is 3. The Bertz CT molecular complexity index is 195. The van der Waals surface area contributed by atoms with Gasteiger partial charge in [0.1, 0.15) is 0 Å². The van der Waals surface area contributed by atoms with Gasteiger partial charge >= 0.3 is 5.97 Å². The molecule has 1 aliphatic heterocycles. The molecule has 1 heterocycles. The van der Waals surface area contributed by atoms with Crippen LogP contribution in [0, 0.1) is 5.92 Å². The van der Waals surface area contributed by atoms with Crippen molar-refractivity contribution < 1.29 is 18.6 Å². The Labute approximate surface area is 86.0 Å². The molecule has 0 aromatic heterocycles. The summed E-state index contributed by atoms with van der Waals surface area (Å²) in [5.74, 6) is 0.985. The maximum absolute atomic E-state index is 11.1. The first-order valence-corrected chi connectivity index (χ1v) is 6.81. The fourth-order valence-corrected chi connectivity index (χ4v) is 3.24. The first-order valence-electron chi connectivity index (χ1n) is 4.92. The number of hydrogen-bond acceptors (Lipinski definition) is 4. The molecule has 0 saturated carbocycles. The van der Waals surface area contributed by atoms with Gasteiger partial charge in [-0.2, -0.15) is 10.6 Å². The minimum absolute atomic E-state index is 0.170. The standard InChI is InChI=1S/C9H18O4S/c1-2-13-9(10)7-8-3-5-14(11,12)6-4-8/h8,11-12H,2-7H2,1H3. The van der Waals surface area contributed by atoms with Gasteiger partial charge in [0.25, 0.3) is 0 Å². The minimum atomic E-state index is -2.32. The second kappa shape index (κ2) is 5.00. The van der Waals surface area contributed by atoms with E-state index in [1.807, 2.05) is 0 Å². The van der Waals surface area contributed by atoms with Crippen LogP contribution in [0.3, 0.4) is 0 Å². The molecule has 0 radical (unpaired) electrons. The first-order chi connectivity index (χ1) is 6.53. The molecule has 5 heteroatoms. The molecule has 84 valence electrons. The largest absolute Gasteiger partial charge is 0.466 e. The molecule has 0 unspecified atom stereocenters. The van der Waals surface area contributed by atoms with Crippen LogP contribution in [0.4, 0.5) is 0 Å². The zero-order chi connectivity index (χ0) is 10.6. The van der Waals surface area contributed by atoms with Crippen LogP contribution in [0.2, 0.25) is 0 Å². The highest BCUT2D eigenvalue weighted by atomic mass is 32.3. The molecule has 0 aromatic carbocycles. The van der Waals surface area contributed by atoms with E-state index in [4.69, 9.17) is 4.74 Å². The van der Waals surface area contributed by atoms with Crippen LogP contribution in [0.5, 0.6) is 0 Å². The van der Waals surface area contributed by atoms with Crippen LogP contribution in [-0.2, 0) is 9.53 Å². The van der Waals surface area contributed by atoms with Gasteiger partial charge in [0.2, 0.25) is 0 Å². The molecular weight excluding hydrogens is 204 g/mol. The van der Waals surface area contributed by atoms with Crippen LogP contribution < -0.4 is 0 Å². The first kappa shape index (κ1) is 11.8. The highest BCUT2D eigenvalue weighted by Gasteiger charge is 2.25. The molecule has 14 heavy (non-hydrogen) atoms. The van der Waals surface area contributed by atoms with E-state index in [1.54, 1.807) is 6.92 Å². The number of carbonyl (C=O) groups is 1. The summed E-state index contributed by atoms with van der Waals surface area (Å²) in [6, 6.07) is 0. The Balaban J connectivity index is 2.25. The fourth-order valence-electron chi connectivity index (χ4n) is 1.62. The van der Waals surface area contributed by atoms with E-state index in [0.29, 0.717) is 24.5 Å². The maximum Gasteiger partial charge on any atom is 0.306 e. The predicted molar refractivity (Wildman–Crippen MR) is 56.6 cm³/mol. The average molecular weight is 222 g/mol. The third kappa shape index (κ3) is 3.86. The Morgan fingerprint density at radius 1 is 1.43 bits per heavy atom. The Morgan fingerprint density at radius 2 is 2.00 bits per heavy atom. The summed E-state index contributed by atoms with van der Waals surface area (Å²) in [6.45, 7) is 2.20. The summed E-state index contributed by atoms with van der Waals surface area (Å²) in [4.78, 5) is 11.1. The van der Waals surface area contributed by atoms with Crippen molar-refractivity contribution in [3.8, 4) is 0 Å². The lowest BCUT2D eigenvalue weighted by Gasteiger charge is -2.38. The summed E-state index contributed by atoms with van der Waals surface area (Å²) >= 11 is 0. The molecule has 0 bridgehead atoms. The van der Waals surface area contributed by atoms with E-state index < -0.39 is 10.6 Å². The van der Waals surface area contributed by atoms with Crippen molar-refractivity contribution in [2.75, 3.05) is 18.1 Å². The van der Waals surface area contributed by atoms with E-state index in [2.05, 4.69) is 0 Å². The number of hydrogen-bond donors (Lipinski definition) is 2. The van der Waals surface area contributed by atoms with Gasteiger partial charge < -0.3 is 4.74 Å². The van der Waals surface area contributed by atoms with Gasteiger partial charge in [-0.15, -0.1) is 0 Å². The number of carbonyl (C=O) groups excluding carboxylic acids is 1. The molecule has 4 nitrogen and oxygen atoms in total. The van der Waals surface area contributed by atoms with Gasteiger partial charge in [-0.05, 0) is 25.7 Å². The van der Waals surface area contributed by atoms with Crippen LogP contribution in [0.15, 0.2) is 0 Å². The predicted octanol–water partition coefficient (Wildman–Crippen LogP) is 2.10. The maximum atomic E-state index is 11.1. The van der Waals surface area contributed by atoms with E-state index in [-0.39, 0.29) is 11.9 Å². The second-order valence-electron chi connectivity index (χ2n) is 3.66. The van der Waals surface area contributed by atoms with Crippen molar-refractivity contribution >= 4 is 16.6 Å². The molecular formula is C9H18O4S. The Kier molecular flexibility index (Phi) is 4.22. The van der Waals surface area contributed by atoms with Gasteiger partial charge in [-0.3, -0.25) is 13.9 Å². The molecule has 2 N–H and O–H groups in total. The number of esters is 1. The fraction of sp³-hybridized carbons (Fsp3) is 0.889. The number of ether oxygens (including phenoxy) is 1. The molecule has 1 rings (SSSR count). The Morgan fingerprint density at radius 3 is 2.50 bits per heavy atom. The van der Waals surface area contributed by atoms with Crippen molar-refractivity contribution in [3.63, 3.8) is 0 Å². The topological polar surface area (TPSA) is 66.8 Å². The summed E-state index contributed by atoms with van der Waals surface area (Å²) in [6.07, 6.45) is 1.87. The highest BCUT2D eigenvalue weighted by Crippen LogP contribution is 2.46. The zero-order valence-corrected chi connectivity index (χ0v) is 9.26. The quantitative estimate of drug-likeness (QED) is 0.718. The molecule has 0 atom stereocenters. The lowest BCUT2D eigenvalue weighted by atomic mass is 9.99. The lowest BCUT2D eigenvalue weighted by Crippen LogP contribution is -2.23. The third-order valence-electron chi connectivity index (χ3n) is 2.47. The Hall–Kier alpha value is -0.260. The van der Waals surface area contributed by atoms with E-state index in [9.17, 15) is 13.9 Å². The molecule has 0 amide bonds. The van der Waals surface area contributed by atoms with Crippen LogP contribution in [-0.4, -0.2) is 33.2 Å². The normalized spacial score (nSPS) is 24.2. The van der Waals surface area contributed by atoms with E-state index >= 15 is 0 Å². The molecule has 0 aromatic rings. The summed E-state index contributed by atoms with van der Waals surface area (Å²) in [5, 5.41) is 0. The average Bonchev–Trinajstić information content (AvgIpc) is 2.09. The third-order valence-corrected chi connectivity index (χ3v) is 4.25. The van der Waals surface area contributed by atoms with Crippen molar-refractivity contribution in [1.29, 1.82) is 0 Å². The second-order valence-corrected chi connectivity index (χ2v) is 6.08. The molecule has 0 spiro atoms. The molecule has 1 aliphatic rings. The van der Waals surface area contributed by atoms with Gasteiger partial charge in [-0.1, -0.05) is 0 Å². The minimum Gasteiger partial charge on any atom is -0.466 e. The van der Waals surface area contributed by atoms with Crippen molar-refractivity contribution in [2.24, 2.45) is 5.92 Å². The van der Waals surface area contributed by atoms with Crippen LogP contribution in [0.25, 0.3) is 0 Å². The highest BCUT2D eigenvalue weighted by molar-refractivity contribution is 8.24. The van der Waals surface area contributed by atoms with Crippen molar-refractivity contribution in [1.82, 2.24) is 0 Å². The van der Waals surface area contributed by atoms with Crippen LogP contribution >= 0.6 is 10.6 Å². The lowest BCUT2D eigenvalue weighted by molar-refractivity contribution is -0.144. The van der Waals surface area contributed by atoms with E-state index in [0.717, 1.165) is 12.8 Å². The summed E-state index contributed by atoms with van der Waals surface area (Å²) < 4.78 is 23.5. The molecule has 1 fully saturated rings. The molecule has 0 aliphatic carbocycles.